The Morgan fingerprint density at radius 3 is 2.50 bits per heavy atom. The molecule has 2 N–H and O–H groups in total. The fourth-order valence-electron chi connectivity index (χ4n) is 3.69. The second-order valence-electron chi connectivity index (χ2n) is 6.63. The molecule has 24 heavy (non-hydrogen) atoms. The van der Waals surface area contributed by atoms with Crippen molar-refractivity contribution in [3.05, 3.63) is 24.3 Å². The zero-order chi connectivity index (χ0) is 16.2. The van der Waals surface area contributed by atoms with Crippen LogP contribution in [0, 0.1) is 5.92 Å². The average molecular weight is 354 g/mol. The first-order chi connectivity index (χ1) is 11.2. The van der Waals surface area contributed by atoms with Gasteiger partial charge in [0.25, 0.3) is 0 Å². The van der Waals surface area contributed by atoms with Gasteiger partial charge in [-0.05, 0) is 49.9 Å². The fourth-order valence-corrected chi connectivity index (χ4v) is 3.69. The third-order valence-corrected chi connectivity index (χ3v) is 5.07. The van der Waals surface area contributed by atoms with Crippen molar-refractivity contribution in [3.63, 3.8) is 0 Å². The maximum absolute atomic E-state index is 12.7. The van der Waals surface area contributed by atoms with Crippen molar-refractivity contribution in [3.8, 4) is 5.75 Å². The van der Waals surface area contributed by atoms with E-state index in [4.69, 9.17) is 10.5 Å². The number of ether oxygens (including phenoxy) is 1. The molecule has 0 aromatic heterocycles. The smallest absolute Gasteiger partial charge is 0.225 e. The molecule has 2 fully saturated rings. The van der Waals surface area contributed by atoms with Gasteiger partial charge in [0.15, 0.2) is 0 Å². The Labute approximate surface area is 150 Å². The SMILES string of the molecule is COc1ccc(N2CCCN(C(=O)C3CCC(N)C3)CC2)cc1.Cl. The number of rotatable bonds is 3. The lowest BCUT2D eigenvalue weighted by atomic mass is 10.1. The number of hydrogen-bond acceptors (Lipinski definition) is 4. The van der Waals surface area contributed by atoms with Crippen LogP contribution in [0.4, 0.5) is 5.69 Å². The molecule has 2 atom stereocenters. The molecular weight excluding hydrogens is 326 g/mol. The molecule has 2 aliphatic rings. The Bertz CT molecular complexity index is 538. The van der Waals surface area contributed by atoms with Crippen LogP contribution in [0.1, 0.15) is 25.7 Å². The van der Waals surface area contributed by atoms with E-state index in [9.17, 15) is 4.79 Å². The topological polar surface area (TPSA) is 58.8 Å². The number of hydrogen-bond donors (Lipinski definition) is 1. The highest BCUT2D eigenvalue weighted by atomic mass is 35.5. The van der Waals surface area contributed by atoms with Crippen molar-refractivity contribution in [1.29, 1.82) is 0 Å². The number of amides is 1. The second-order valence-corrected chi connectivity index (χ2v) is 6.63. The molecule has 0 bridgehead atoms. The number of anilines is 1. The third kappa shape index (κ3) is 4.33. The van der Waals surface area contributed by atoms with Crippen molar-refractivity contribution in [2.75, 3.05) is 38.2 Å². The van der Waals surface area contributed by atoms with Gasteiger partial charge in [-0.15, -0.1) is 12.4 Å². The van der Waals surface area contributed by atoms with Crippen LogP contribution in [-0.4, -0.2) is 50.1 Å². The molecule has 2 unspecified atom stereocenters. The minimum atomic E-state index is 0. The number of methoxy groups -OCH3 is 1. The van der Waals surface area contributed by atoms with Crippen molar-refractivity contribution >= 4 is 24.0 Å². The van der Waals surface area contributed by atoms with Gasteiger partial charge in [0, 0.05) is 43.8 Å². The zero-order valence-corrected chi connectivity index (χ0v) is 15.1. The molecule has 1 aliphatic heterocycles. The summed E-state index contributed by atoms with van der Waals surface area (Å²) in [5.41, 5.74) is 7.15. The van der Waals surface area contributed by atoms with Crippen molar-refractivity contribution < 1.29 is 9.53 Å². The molecule has 1 heterocycles. The molecule has 1 aliphatic carbocycles. The van der Waals surface area contributed by atoms with Crippen molar-refractivity contribution in [2.45, 2.75) is 31.7 Å². The Morgan fingerprint density at radius 2 is 1.88 bits per heavy atom. The van der Waals surface area contributed by atoms with Gasteiger partial charge in [0.05, 0.1) is 7.11 Å². The molecule has 0 radical (unpaired) electrons. The summed E-state index contributed by atoms with van der Waals surface area (Å²) in [6.45, 7) is 3.53. The third-order valence-electron chi connectivity index (χ3n) is 5.07. The normalized spacial score (nSPS) is 24.2. The second kappa shape index (κ2) is 8.58. The van der Waals surface area contributed by atoms with E-state index in [1.54, 1.807) is 7.11 Å². The summed E-state index contributed by atoms with van der Waals surface area (Å²) in [6.07, 6.45) is 3.81. The summed E-state index contributed by atoms with van der Waals surface area (Å²) < 4.78 is 5.21. The maximum Gasteiger partial charge on any atom is 0.225 e. The standard InChI is InChI=1S/C18H27N3O2.ClH/c1-23-17-7-5-16(6-8-17)20-9-2-10-21(12-11-20)18(22)14-3-4-15(19)13-14;/h5-8,14-15H,2-4,9-13,19H2,1H3;1H. The van der Waals surface area contributed by atoms with Gasteiger partial charge in [-0.1, -0.05) is 0 Å². The highest BCUT2D eigenvalue weighted by molar-refractivity contribution is 5.85. The molecule has 5 nitrogen and oxygen atoms in total. The summed E-state index contributed by atoms with van der Waals surface area (Å²) in [5.74, 6) is 1.34. The van der Waals surface area contributed by atoms with Gasteiger partial charge in [0.1, 0.15) is 5.75 Å². The minimum Gasteiger partial charge on any atom is -0.497 e. The van der Waals surface area contributed by atoms with Crippen LogP contribution in [0.5, 0.6) is 5.75 Å². The highest BCUT2D eigenvalue weighted by Crippen LogP contribution is 2.27. The molecule has 1 saturated heterocycles. The van der Waals surface area contributed by atoms with Gasteiger partial charge in [-0.25, -0.2) is 0 Å². The van der Waals surface area contributed by atoms with E-state index in [1.807, 2.05) is 17.0 Å². The molecule has 1 aromatic carbocycles. The Balaban J connectivity index is 0.00000208. The minimum absolute atomic E-state index is 0. The van der Waals surface area contributed by atoms with Gasteiger partial charge in [-0.3, -0.25) is 4.79 Å². The van der Waals surface area contributed by atoms with Crippen LogP contribution in [0.2, 0.25) is 0 Å². The van der Waals surface area contributed by atoms with Crippen LogP contribution in [0.25, 0.3) is 0 Å². The van der Waals surface area contributed by atoms with E-state index in [1.165, 1.54) is 5.69 Å². The largest absolute Gasteiger partial charge is 0.497 e. The summed E-state index contributed by atoms with van der Waals surface area (Å²) in [4.78, 5) is 17.1. The lowest BCUT2D eigenvalue weighted by Gasteiger charge is -2.25. The van der Waals surface area contributed by atoms with Gasteiger partial charge in [0.2, 0.25) is 5.91 Å². The van der Waals surface area contributed by atoms with E-state index in [-0.39, 0.29) is 24.4 Å². The number of carbonyl (C=O) groups excluding carboxylic acids is 1. The molecular formula is C18H28ClN3O2. The summed E-state index contributed by atoms with van der Waals surface area (Å²) in [6, 6.07) is 8.37. The molecule has 1 amide bonds. The number of benzene rings is 1. The summed E-state index contributed by atoms with van der Waals surface area (Å²) in [7, 11) is 1.68. The van der Waals surface area contributed by atoms with Crippen LogP contribution in [0.15, 0.2) is 24.3 Å². The molecule has 0 spiro atoms. The van der Waals surface area contributed by atoms with E-state index in [0.717, 1.165) is 57.6 Å². The Morgan fingerprint density at radius 1 is 1.12 bits per heavy atom. The van der Waals surface area contributed by atoms with E-state index >= 15 is 0 Å². The monoisotopic (exact) mass is 353 g/mol. The van der Waals surface area contributed by atoms with E-state index < -0.39 is 0 Å². The lowest BCUT2D eigenvalue weighted by molar-refractivity contribution is -0.135. The summed E-state index contributed by atoms with van der Waals surface area (Å²) >= 11 is 0. The highest BCUT2D eigenvalue weighted by Gasteiger charge is 2.31. The lowest BCUT2D eigenvalue weighted by Crippen LogP contribution is -2.38. The molecule has 1 saturated carbocycles. The zero-order valence-electron chi connectivity index (χ0n) is 14.3. The van der Waals surface area contributed by atoms with Gasteiger partial charge >= 0.3 is 0 Å². The molecule has 3 rings (SSSR count). The first-order valence-electron chi connectivity index (χ1n) is 8.60. The maximum atomic E-state index is 12.7. The van der Waals surface area contributed by atoms with E-state index in [2.05, 4.69) is 17.0 Å². The van der Waals surface area contributed by atoms with Crippen LogP contribution >= 0.6 is 12.4 Å². The van der Waals surface area contributed by atoms with Crippen molar-refractivity contribution in [1.82, 2.24) is 4.90 Å². The fraction of sp³-hybridized carbons (Fsp3) is 0.611. The quantitative estimate of drug-likeness (QED) is 0.905. The molecule has 6 heteroatoms. The van der Waals surface area contributed by atoms with E-state index in [0.29, 0.717) is 5.91 Å². The average Bonchev–Trinajstić information content (AvgIpc) is 2.87. The van der Waals surface area contributed by atoms with Crippen molar-refractivity contribution in [2.24, 2.45) is 11.7 Å². The number of carbonyl (C=O) groups is 1. The molecule has 134 valence electrons. The number of nitrogens with two attached hydrogens (primary N) is 1. The van der Waals surface area contributed by atoms with Crippen LogP contribution in [0.3, 0.4) is 0 Å². The first-order valence-corrected chi connectivity index (χ1v) is 8.60. The Hall–Kier alpha value is -1.46. The number of halogens is 1. The van der Waals surface area contributed by atoms with Crippen LogP contribution in [-0.2, 0) is 4.79 Å². The Kier molecular flexibility index (Phi) is 6.75. The van der Waals surface area contributed by atoms with Crippen LogP contribution < -0.4 is 15.4 Å². The summed E-state index contributed by atoms with van der Waals surface area (Å²) in [5, 5.41) is 0. The molecule has 1 aromatic rings. The van der Waals surface area contributed by atoms with Gasteiger partial charge in [-0.2, -0.15) is 0 Å². The number of nitrogens with zero attached hydrogens (tertiary/aromatic N) is 2. The predicted molar refractivity (Wildman–Crippen MR) is 99.0 cm³/mol. The first kappa shape index (κ1) is 18.9. The predicted octanol–water partition coefficient (Wildman–Crippen LogP) is 2.28. The van der Waals surface area contributed by atoms with Gasteiger partial charge < -0.3 is 20.3 Å².